The van der Waals surface area contributed by atoms with Gasteiger partial charge in [-0.2, -0.15) is 0 Å². The van der Waals surface area contributed by atoms with Crippen LogP contribution in [0.15, 0.2) is 53.4 Å². The van der Waals surface area contributed by atoms with Gasteiger partial charge in [-0.05, 0) is 68.1 Å². The van der Waals surface area contributed by atoms with Crippen LogP contribution in [0.1, 0.15) is 24.8 Å². The predicted molar refractivity (Wildman–Crippen MR) is 109 cm³/mol. The normalized spacial score (nSPS) is 20.8. The second kappa shape index (κ2) is 8.45. The van der Waals surface area contributed by atoms with E-state index in [0.717, 1.165) is 37.1 Å². The van der Waals surface area contributed by atoms with E-state index in [4.69, 9.17) is 0 Å². The standard InChI is InChI=1S/C22H27FN2S/c23-19-8-10-20(11-9-19)25-16-14-24(15-17-25)13-3-5-21-12-7-18-4-1-2-6-22(18)26-21/h1-2,4,6,8-11,21H,3,5,7,12-17H2. The molecule has 26 heavy (non-hydrogen) atoms. The molecule has 0 saturated carbocycles. The van der Waals surface area contributed by atoms with Gasteiger partial charge in [0.25, 0.3) is 0 Å². The zero-order valence-corrected chi connectivity index (χ0v) is 16.1. The highest BCUT2D eigenvalue weighted by Crippen LogP contribution is 2.37. The van der Waals surface area contributed by atoms with Crippen molar-refractivity contribution in [1.29, 1.82) is 0 Å². The molecular formula is C22H27FN2S. The Labute approximate surface area is 160 Å². The lowest BCUT2D eigenvalue weighted by molar-refractivity contribution is 0.252. The van der Waals surface area contributed by atoms with Gasteiger partial charge in [-0.15, -0.1) is 11.8 Å². The third kappa shape index (κ3) is 4.41. The quantitative estimate of drug-likeness (QED) is 0.744. The lowest BCUT2D eigenvalue weighted by Gasteiger charge is -2.36. The van der Waals surface area contributed by atoms with Crippen LogP contribution < -0.4 is 4.90 Å². The summed E-state index contributed by atoms with van der Waals surface area (Å²) in [6.45, 7) is 5.50. The van der Waals surface area contributed by atoms with Gasteiger partial charge in [-0.25, -0.2) is 4.39 Å². The van der Waals surface area contributed by atoms with Crippen LogP contribution in [0.25, 0.3) is 0 Å². The minimum absolute atomic E-state index is 0.157. The molecule has 0 N–H and O–H groups in total. The molecule has 4 heteroatoms. The molecule has 1 fully saturated rings. The molecule has 2 aromatic carbocycles. The van der Waals surface area contributed by atoms with Crippen molar-refractivity contribution in [3.8, 4) is 0 Å². The van der Waals surface area contributed by atoms with E-state index in [1.54, 1.807) is 12.1 Å². The van der Waals surface area contributed by atoms with E-state index in [-0.39, 0.29) is 5.82 Å². The molecule has 0 bridgehead atoms. The van der Waals surface area contributed by atoms with E-state index in [1.165, 1.54) is 42.7 Å². The molecular weight excluding hydrogens is 343 g/mol. The van der Waals surface area contributed by atoms with Crippen molar-refractivity contribution in [3.63, 3.8) is 0 Å². The SMILES string of the molecule is Fc1ccc(N2CCN(CCCC3CCc4ccccc4S3)CC2)cc1. The number of nitrogens with zero attached hydrogens (tertiary/aromatic N) is 2. The minimum atomic E-state index is -0.157. The summed E-state index contributed by atoms with van der Waals surface area (Å²) in [6, 6.07) is 15.8. The summed E-state index contributed by atoms with van der Waals surface area (Å²) in [7, 11) is 0. The van der Waals surface area contributed by atoms with Gasteiger partial charge in [0, 0.05) is 42.0 Å². The topological polar surface area (TPSA) is 6.48 Å². The first-order valence-electron chi connectivity index (χ1n) is 9.75. The van der Waals surface area contributed by atoms with Gasteiger partial charge in [0.15, 0.2) is 0 Å². The molecule has 1 saturated heterocycles. The number of fused-ring (bicyclic) bond motifs is 1. The Morgan fingerprint density at radius 1 is 0.962 bits per heavy atom. The number of hydrogen-bond donors (Lipinski definition) is 0. The Morgan fingerprint density at radius 2 is 1.73 bits per heavy atom. The molecule has 2 aromatic rings. The Kier molecular flexibility index (Phi) is 5.81. The highest BCUT2D eigenvalue weighted by molar-refractivity contribution is 8.00. The van der Waals surface area contributed by atoms with E-state index >= 15 is 0 Å². The predicted octanol–water partition coefficient (Wildman–Crippen LogP) is 4.84. The summed E-state index contributed by atoms with van der Waals surface area (Å²) < 4.78 is 13.1. The fourth-order valence-corrected chi connectivity index (χ4v) is 5.37. The van der Waals surface area contributed by atoms with Gasteiger partial charge < -0.3 is 4.90 Å². The highest BCUT2D eigenvalue weighted by Gasteiger charge is 2.20. The number of halogens is 1. The van der Waals surface area contributed by atoms with Gasteiger partial charge in [0.1, 0.15) is 5.82 Å². The summed E-state index contributed by atoms with van der Waals surface area (Å²) in [5.41, 5.74) is 2.67. The van der Waals surface area contributed by atoms with Crippen LogP contribution in [0.3, 0.4) is 0 Å². The van der Waals surface area contributed by atoms with Crippen LogP contribution in [0, 0.1) is 5.82 Å². The summed E-state index contributed by atoms with van der Waals surface area (Å²) in [5.74, 6) is -0.157. The highest BCUT2D eigenvalue weighted by atomic mass is 32.2. The molecule has 0 aliphatic carbocycles. The molecule has 2 aliphatic rings. The lowest BCUT2D eigenvalue weighted by atomic mass is 10.0. The molecule has 138 valence electrons. The first-order valence-corrected chi connectivity index (χ1v) is 10.6. The first kappa shape index (κ1) is 17.9. The van der Waals surface area contributed by atoms with E-state index in [1.807, 2.05) is 12.1 Å². The van der Waals surface area contributed by atoms with Crippen LogP contribution >= 0.6 is 11.8 Å². The number of hydrogen-bond acceptors (Lipinski definition) is 3. The van der Waals surface area contributed by atoms with E-state index in [9.17, 15) is 4.39 Å². The van der Waals surface area contributed by atoms with Crippen molar-refractivity contribution in [2.24, 2.45) is 0 Å². The molecule has 2 heterocycles. The van der Waals surface area contributed by atoms with E-state index in [2.05, 4.69) is 45.8 Å². The summed E-state index contributed by atoms with van der Waals surface area (Å²) in [6.07, 6.45) is 5.16. The van der Waals surface area contributed by atoms with Crippen LogP contribution in [0.2, 0.25) is 0 Å². The van der Waals surface area contributed by atoms with Crippen LogP contribution in [0.4, 0.5) is 10.1 Å². The number of thioether (sulfide) groups is 1. The molecule has 0 spiro atoms. The van der Waals surface area contributed by atoms with Crippen LogP contribution in [0.5, 0.6) is 0 Å². The summed E-state index contributed by atoms with van der Waals surface area (Å²) in [4.78, 5) is 6.45. The maximum absolute atomic E-state index is 13.1. The zero-order chi connectivity index (χ0) is 17.8. The van der Waals surface area contributed by atoms with Crippen molar-refractivity contribution in [1.82, 2.24) is 4.90 Å². The molecule has 0 radical (unpaired) electrons. The maximum atomic E-state index is 13.1. The van der Waals surface area contributed by atoms with Gasteiger partial charge in [0.2, 0.25) is 0 Å². The Balaban J connectivity index is 1.18. The van der Waals surface area contributed by atoms with Gasteiger partial charge in [-0.1, -0.05) is 18.2 Å². The molecule has 0 amide bonds. The van der Waals surface area contributed by atoms with Crippen molar-refractivity contribution < 1.29 is 4.39 Å². The third-order valence-electron chi connectivity index (χ3n) is 5.57. The number of piperazine rings is 1. The van der Waals surface area contributed by atoms with Crippen LogP contribution in [-0.4, -0.2) is 42.9 Å². The first-order chi connectivity index (χ1) is 12.8. The van der Waals surface area contributed by atoms with Crippen molar-refractivity contribution in [2.45, 2.75) is 35.8 Å². The molecule has 1 unspecified atom stereocenters. The number of rotatable bonds is 5. The average Bonchev–Trinajstić information content (AvgIpc) is 2.69. The maximum Gasteiger partial charge on any atom is 0.123 e. The van der Waals surface area contributed by atoms with Gasteiger partial charge >= 0.3 is 0 Å². The van der Waals surface area contributed by atoms with Crippen molar-refractivity contribution in [2.75, 3.05) is 37.6 Å². The fraction of sp³-hybridized carbons (Fsp3) is 0.455. The largest absolute Gasteiger partial charge is 0.369 e. The number of benzene rings is 2. The van der Waals surface area contributed by atoms with Gasteiger partial charge in [0.05, 0.1) is 0 Å². The molecule has 1 atom stereocenters. The van der Waals surface area contributed by atoms with Crippen LogP contribution in [-0.2, 0) is 6.42 Å². The lowest BCUT2D eigenvalue weighted by Crippen LogP contribution is -2.46. The molecule has 2 aliphatic heterocycles. The second-order valence-corrected chi connectivity index (χ2v) is 8.68. The average molecular weight is 371 g/mol. The fourth-order valence-electron chi connectivity index (χ4n) is 4.01. The third-order valence-corrected chi connectivity index (χ3v) is 7.02. The smallest absolute Gasteiger partial charge is 0.123 e. The summed E-state index contributed by atoms with van der Waals surface area (Å²) >= 11 is 2.09. The molecule has 0 aromatic heterocycles. The van der Waals surface area contributed by atoms with Crippen molar-refractivity contribution >= 4 is 17.4 Å². The minimum Gasteiger partial charge on any atom is -0.369 e. The Bertz CT molecular complexity index is 710. The molecule has 2 nitrogen and oxygen atoms in total. The monoisotopic (exact) mass is 370 g/mol. The zero-order valence-electron chi connectivity index (χ0n) is 15.2. The Morgan fingerprint density at radius 3 is 2.54 bits per heavy atom. The second-order valence-electron chi connectivity index (χ2n) is 7.33. The van der Waals surface area contributed by atoms with Crippen molar-refractivity contribution in [3.05, 3.63) is 59.9 Å². The molecule has 4 rings (SSSR count). The number of aryl methyl sites for hydroxylation is 1. The van der Waals surface area contributed by atoms with E-state index in [0.29, 0.717) is 0 Å². The Hall–Kier alpha value is -1.52. The summed E-state index contributed by atoms with van der Waals surface area (Å²) in [5, 5.41) is 0.783. The van der Waals surface area contributed by atoms with Gasteiger partial charge in [-0.3, -0.25) is 4.90 Å². The van der Waals surface area contributed by atoms with E-state index < -0.39 is 0 Å². The number of anilines is 1.